The summed E-state index contributed by atoms with van der Waals surface area (Å²) in [4.78, 5) is 37.0. The number of ketones is 2. The highest BCUT2D eigenvalue weighted by atomic mass is 79.9. The number of nitrogens with zero attached hydrogens (tertiary/aromatic N) is 1. The molecule has 3 aromatic carbocycles. The first kappa shape index (κ1) is 20.6. The van der Waals surface area contributed by atoms with Crippen molar-refractivity contribution in [3.05, 3.63) is 121 Å². The highest BCUT2D eigenvalue weighted by Gasteiger charge is 2.31. The maximum Gasteiger partial charge on any atom is 0.270 e. The fraction of sp³-hybridized carbons (Fsp3) is 0.0400. The van der Waals surface area contributed by atoms with Crippen LogP contribution in [0.25, 0.3) is 11.6 Å². The highest BCUT2D eigenvalue weighted by molar-refractivity contribution is 9.10. The zero-order chi connectivity index (χ0) is 22.0. The molecule has 5 nitrogen and oxygen atoms in total. The first-order valence-electron chi connectivity index (χ1n) is 9.52. The van der Waals surface area contributed by atoms with Gasteiger partial charge >= 0.3 is 0 Å². The number of nitro groups is 1. The highest BCUT2D eigenvalue weighted by Crippen LogP contribution is 2.37. The van der Waals surface area contributed by atoms with Crippen LogP contribution in [0.1, 0.15) is 22.3 Å². The summed E-state index contributed by atoms with van der Waals surface area (Å²) in [6.45, 7) is 0. The van der Waals surface area contributed by atoms with E-state index in [0.717, 1.165) is 10.0 Å². The fourth-order valence-electron chi connectivity index (χ4n) is 3.63. The third-order valence-electron chi connectivity index (χ3n) is 5.04. The van der Waals surface area contributed by atoms with Crippen LogP contribution >= 0.6 is 15.9 Å². The van der Waals surface area contributed by atoms with Gasteiger partial charge in [-0.15, -0.1) is 0 Å². The molecule has 3 aromatic rings. The third kappa shape index (κ3) is 4.29. The van der Waals surface area contributed by atoms with E-state index in [9.17, 15) is 19.7 Å². The van der Waals surface area contributed by atoms with Crippen molar-refractivity contribution in [3.63, 3.8) is 0 Å². The summed E-state index contributed by atoms with van der Waals surface area (Å²) in [6, 6.07) is 20.9. The van der Waals surface area contributed by atoms with Crippen molar-refractivity contribution < 1.29 is 14.5 Å². The maximum absolute atomic E-state index is 13.2. The Hall–Kier alpha value is -3.64. The number of fused-ring (bicyclic) bond motifs is 1. The number of Topliss-reactive ketones (excluding diaryl/α,β-unsaturated/α-hetero) is 1. The Morgan fingerprint density at radius 1 is 1.00 bits per heavy atom. The van der Waals surface area contributed by atoms with Crippen LogP contribution < -0.4 is 0 Å². The summed E-state index contributed by atoms with van der Waals surface area (Å²) < 4.78 is 0.876. The molecule has 0 heterocycles. The van der Waals surface area contributed by atoms with Gasteiger partial charge in [0.05, 0.1) is 10.5 Å². The average Bonchev–Trinajstić information content (AvgIpc) is 2.77. The molecular weight excluding hydrogens is 458 g/mol. The standard InChI is InChI=1S/C25H16BrNO4/c26-19-8-4-5-16(13-19)9-12-22(28)25-23(29)14-18-10-11-20(27(30)31)15-21(18)24(25)17-6-2-1-3-7-17/h1-13,15H,14H2. The number of allylic oxidation sites excluding steroid dienone is 2. The van der Waals surface area contributed by atoms with Crippen molar-refractivity contribution in [3.8, 4) is 0 Å². The molecule has 1 aliphatic carbocycles. The second-order valence-electron chi connectivity index (χ2n) is 7.07. The van der Waals surface area contributed by atoms with Crippen LogP contribution in [0.15, 0.2) is 88.9 Å². The lowest BCUT2D eigenvalue weighted by atomic mass is 9.79. The number of non-ortho nitro benzene ring substituents is 1. The number of halogens is 1. The second kappa shape index (κ2) is 8.62. The summed E-state index contributed by atoms with van der Waals surface area (Å²) in [7, 11) is 0. The van der Waals surface area contributed by atoms with Gasteiger partial charge in [-0.25, -0.2) is 0 Å². The van der Waals surface area contributed by atoms with Crippen molar-refractivity contribution >= 4 is 44.8 Å². The number of benzene rings is 3. The van der Waals surface area contributed by atoms with Crippen molar-refractivity contribution in [1.82, 2.24) is 0 Å². The summed E-state index contributed by atoms with van der Waals surface area (Å²) in [5.41, 5.74) is 3.07. The van der Waals surface area contributed by atoms with Gasteiger partial charge in [0.25, 0.3) is 5.69 Å². The van der Waals surface area contributed by atoms with Crippen LogP contribution in [0.5, 0.6) is 0 Å². The summed E-state index contributed by atoms with van der Waals surface area (Å²) >= 11 is 3.39. The quantitative estimate of drug-likeness (QED) is 0.210. The van der Waals surface area contributed by atoms with Crippen LogP contribution in [0.3, 0.4) is 0 Å². The first-order chi connectivity index (χ1) is 14.9. The summed E-state index contributed by atoms with van der Waals surface area (Å²) in [5, 5.41) is 11.3. The van der Waals surface area contributed by atoms with Gasteiger partial charge in [0.2, 0.25) is 0 Å². The zero-order valence-corrected chi connectivity index (χ0v) is 17.8. The molecule has 31 heavy (non-hydrogen) atoms. The number of hydrogen-bond acceptors (Lipinski definition) is 4. The Morgan fingerprint density at radius 3 is 2.48 bits per heavy atom. The summed E-state index contributed by atoms with van der Waals surface area (Å²) in [6.07, 6.45) is 3.05. The minimum atomic E-state index is -0.478. The number of carbonyl (C=O) groups is 2. The number of rotatable bonds is 5. The Bertz CT molecular complexity index is 1280. The lowest BCUT2D eigenvalue weighted by molar-refractivity contribution is -0.384. The van der Waals surface area contributed by atoms with Crippen LogP contribution in [0.2, 0.25) is 0 Å². The predicted molar refractivity (Wildman–Crippen MR) is 122 cm³/mol. The molecule has 0 aliphatic heterocycles. The van der Waals surface area contributed by atoms with E-state index in [1.165, 1.54) is 18.2 Å². The van der Waals surface area contributed by atoms with E-state index in [1.807, 2.05) is 30.3 Å². The Balaban J connectivity index is 1.88. The minimum Gasteiger partial charge on any atom is -0.294 e. The molecule has 0 N–H and O–H groups in total. The lowest BCUT2D eigenvalue weighted by Crippen LogP contribution is -2.21. The van der Waals surface area contributed by atoms with Gasteiger partial charge in [0.1, 0.15) is 0 Å². The summed E-state index contributed by atoms with van der Waals surface area (Å²) in [5.74, 6) is -0.731. The normalized spacial score (nSPS) is 13.4. The molecule has 0 amide bonds. The fourth-order valence-corrected chi connectivity index (χ4v) is 4.05. The van der Waals surface area contributed by atoms with Crippen LogP contribution in [-0.4, -0.2) is 16.5 Å². The molecule has 6 heteroatoms. The molecule has 152 valence electrons. The molecule has 4 rings (SSSR count). The maximum atomic E-state index is 13.2. The number of nitro benzene ring substituents is 1. The van der Waals surface area contributed by atoms with Gasteiger partial charge in [0.15, 0.2) is 11.6 Å². The lowest BCUT2D eigenvalue weighted by Gasteiger charge is -2.21. The molecule has 0 unspecified atom stereocenters. The third-order valence-corrected chi connectivity index (χ3v) is 5.53. The van der Waals surface area contributed by atoms with Gasteiger partial charge in [-0.3, -0.25) is 19.7 Å². The largest absolute Gasteiger partial charge is 0.294 e. The molecule has 0 atom stereocenters. The first-order valence-corrected chi connectivity index (χ1v) is 10.3. The Labute approximate surface area is 187 Å². The molecule has 0 bridgehead atoms. The molecule has 0 radical (unpaired) electrons. The molecular formula is C25H16BrNO4. The SMILES string of the molecule is O=C(C=Cc1cccc(Br)c1)C1=C(c2ccccc2)c2cc([N+](=O)[O-])ccc2CC1=O. The van der Waals surface area contributed by atoms with E-state index < -0.39 is 10.7 Å². The van der Waals surface area contributed by atoms with E-state index in [-0.39, 0.29) is 23.5 Å². The van der Waals surface area contributed by atoms with E-state index in [2.05, 4.69) is 15.9 Å². The smallest absolute Gasteiger partial charge is 0.270 e. The number of hydrogen-bond donors (Lipinski definition) is 0. The minimum absolute atomic E-state index is 0.0233. The van der Waals surface area contributed by atoms with Gasteiger partial charge in [0, 0.05) is 28.6 Å². The molecule has 0 saturated heterocycles. The molecule has 0 spiro atoms. The van der Waals surface area contributed by atoms with Crippen molar-refractivity contribution in [2.24, 2.45) is 0 Å². The topological polar surface area (TPSA) is 77.3 Å². The molecule has 1 aliphatic rings. The Morgan fingerprint density at radius 2 is 1.77 bits per heavy atom. The molecule has 0 aromatic heterocycles. The average molecular weight is 474 g/mol. The second-order valence-corrected chi connectivity index (χ2v) is 7.98. The van der Waals surface area contributed by atoms with Crippen molar-refractivity contribution in [2.75, 3.05) is 0 Å². The van der Waals surface area contributed by atoms with Gasteiger partial charge in [-0.2, -0.15) is 0 Å². The van der Waals surface area contributed by atoms with Crippen LogP contribution in [0, 0.1) is 10.1 Å². The van der Waals surface area contributed by atoms with Gasteiger partial charge in [-0.1, -0.05) is 70.5 Å². The van der Waals surface area contributed by atoms with E-state index >= 15 is 0 Å². The number of carbonyl (C=O) groups excluding carboxylic acids is 2. The van der Waals surface area contributed by atoms with Gasteiger partial charge < -0.3 is 0 Å². The monoisotopic (exact) mass is 473 g/mol. The predicted octanol–water partition coefficient (Wildman–Crippen LogP) is 5.57. The van der Waals surface area contributed by atoms with E-state index in [4.69, 9.17) is 0 Å². The van der Waals surface area contributed by atoms with E-state index in [1.54, 1.807) is 36.4 Å². The molecule has 0 saturated carbocycles. The Kier molecular flexibility index (Phi) is 5.73. The van der Waals surface area contributed by atoms with Gasteiger partial charge in [-0.05, 0) is 40.5 Å². The van der Waals surface area contributed by atoms with E-state index in [0.29, 0.717) is 22.3 Å². The van der Waals surface area contributed by atoms with Crippen molar-refractivity contribution in [1.29, 1.82) is 0 Å². The van der Waals surface area contributed by atoms with Crippen LogP contribution in [-0.2, 0) is 16.0 Å². The van der Waals surface area contributed by atoms with Crippen LogP contribution in [0.4, 0.5) is 5.69 Å². The van der Waals surface area contributed by atoms with Crippen molar-refractivity contribution in [2.45, 2.75) is 6.42 Å². The molecule has 0 fully saturated rings. The zero-order valence-electron chi connectivity index (χ0n) is 16.2.